The Kier molecular flexibility index (Phi) is 4.12. The number of rotatable bonds is 3. The van der Waals surface area contributed by atoms with Gasteiger partial charge < -0.3 is 5.11 Å². The summed E-state index contributed by atoms with van der Waals surface area (Å²) in [5, 5.41) is 9.30. The van der Waals surface area contributed by atoms with Crippen molar-refractivity contribution in [1.82, 2.24) is 0 Å². The molecule has 0 aromatic carbocycles. The van der Waals surface area contributed by atoms with Gasteiger partial charge in [0.25, 0.3) is 0 Å². The SMILES string of the molecule is C/C=C(/C)C/C=C/C(C)(C)O. The molecule has 0 spiro atoms. The highest BCUT2D eigenvalue weighted by Crippen LogP contribution is 2.06. The van der Waals surface area contributed by atoms with E-state index in [2.05, 4.69) is 13.0 Å². The van der Waals surface area contributed by atoms with Crippen LogP contribution in [0.15, 0.2) is 23.8 Å². The van der Waals surface area contributed by atoms with Crippen LogP contribution in [0.5, 0.6) is 0 Å². The van der Waals surface area contributed by atoms with Gasteiger partial charge in [-0.3, -0.25) is 0 Å². The molecule has 0 aromatic heterocycles. The Morgan fingerprint density at radius 3 is 2.36 bits per heavy atom. The molecule has 0 fully saturated rings. The van der Waals surface area contributed by atoms with Crippen molar-refractivity contribution in [3.05, 3.63) is 23.8 Å². The third-order valence-corrected chi connectivity index (χ3v) is 1.46. The maximum atomic E-state index is 9.30. The van der Waals surface area contributed by atoms with Crippen molar-refractivity contribution in [3.63, 3.8) is 0 Å². The average Bonchev–Trinajstić information content (AvgIpc) is 1.85. The smallest absolute Gasteiger partial charge is 0.0771 e. The monoisotopic (exact) mass is 154 g/mol. The van der Waals surface area contributed by atoms with E-state index in [0.717, 1.165) is 6.42 Å². The van der Waals surface area contributed by atoms with Gasteiger partial charge in [-0.1, -0.05) is 23.8 Å². The summed E-state index contributed by atoms with van der Waals surface area (Å²) in [6.45, 7) is 7.64. The third-order valence-electron chi connectivity index (χ3n) is 1.46. The largest absolute Gasteiger partial charge is 0.386 e. The molecule has 1 nitrogen and oxygen atoms in total. The van der Waals surface area contributed by atoms with Gasteiger partial charge in [0.1, 0.15) is 0 Å². The predicted octanol–water partition coefficient (Wildman–Crippen LogP) is 2.67. The molecule has 0 aliphatic rings. The Morgan fingerprint density at radius 1 is 1.45 bits per heavy atom. The van der Waals surface area contributed by atoms with Crippen LogP contribution in [0.1, 0.15) is 34.1 Å². The Hall–Kier alpha value is -0.560. The molecule has 0 bridgehead atoms. The minimum atomic E-state index is -0.673. The van der Waals surface area contributed by atoms with Gasteiger partial charge in [-0.05, 0) is 34.1 Å². The summed E-state index contributed by atoms with van der Waals surface area (Å²) >= 11 is 0. The van der Waals surface area contributed by atoms with Gasteiger partial charge in [0.15, 0.2) is 0 Å². The van der Waals surface area contributed by atoms with E-state index in [4.69, 9.17) is 0 Å². The molecule has 0 saturated carbocycles. The fourth-order valence-corrected chi connectivity index (χ4v) is 0.651. The minimum Gasteiger partial charge on any atom is -0.386 e. The van der Waals surface area contributed by atoms with E-state index in [9.17, 15) is 5.11 Å². The van der Waals surface area contributed by atoms with E-state index in [0.29, 0.717) is 0 Å². The van der Waals surface area contributed by atoms with Crippen LogP contribution in [0.2, 0.25) is 0 Å². The molecule has 0 aliphatic carbocycles. The van der Waals surface area contributed by atoms with E-state index in [-0.39, 0.29) is 0 Å². The highest BCUT2D eigenvalue weighted by atomic mass is 16.3. The highest BCUT2D eigenvalue weighted by Gasteiger charge is 2.04. The van der Waals surface area contributed by atoms with Gasteiger partial charge in [-0.25, -0.2) is 0 Å². The van der Waals surface area contributed by atoms with E-state index >= 15 is 0 Å². The standard InChI is InChI=1S/C10H18O/c1-5-9(2)7-6-8-10(3,4)11/h5-6,8,11H,7H2,1-4H3/b8-6+,9-5-. The van der Waals surface area contributed by atoms with Crippen LogP contribution in [0.4, 0.5) is 0 Å². The molecule has 0 heterocycles. The highest BCUT2D eigenvalue weighted by molar-refractivity contribution is 5.06. The Bertz CT molecular complexity index is 158. The molecular formula is C10H18O. The van der Waals surface area contributed by atoms with Crippen LogP contribution in [0.25, 0.3) is 0 Å². The quantitative estimate of drug-likeness (QED) is 0.620. The second kappa shape index (κ2) is 4.35. The summed E-state index contributed by atoms with van der Waals surface area (Å²) < 4.78 is 0. The summed E-state index contributed by atoms with van der Waals surface area (Å²) in [5.41, 5.74) is 0.652. The fraction of sp³-hybridized carbons (Fsp3) is 0.600. The van der Waals surface area contributed by atoms with Crippen LogP contribution in [0, 0.1) is 0 Å². The minimum absolute atomic E-state index is 0.673. The third kappa shape index (κ3) is 7.34. The van der Waals surface area contributed by atoms with Crippen LogP contribution in [-0.4, -0.2) is 10.7 Å². The van der Waals surface area contributed by atoms with Crippen molar-refractivity contribution in [3.8, 4) is 0 Å². The second-order valence-corrected chi connectivity index (χ2v) is 3.40. The molecule has 0 aliphatic heterocycles. The van der Waals surface area contributed by atoms with E-state index in [1.165, 1.54) is 5.57 Å². The molecule has 1 N–H and O–H groups in total. The fourth-order valence-electron chi connectivity index (χ4n) is 0.651. The molecule has 0 saturated heterocycles. The van der Waals surface area contributed by atoms with Crippen molar-refractivity contribution >= 4 is 0 Å². The first-order valence-electron chi connectivity index (χ1n) is 3.97. The van der Waals surface area contributed by atoms with Crippen LogP contribution >= 0.6 is 0 Å². The molecule has 0 unspecified atom stereocenters. The van der Waals surface area contributed by atoms with Crippen LogP contribution in [0.3, 0.4) is 0 Å². The zero-order valence-corrected chi connectivity index (χ0v) is 7.89. The first-order valence-corrected chi connectivity index (χ1v) is 3.97. The van der Waals surface area contributed by atoms with Gasteiger partial charge in [0.05, 0.1) is 5.60 Å². The van der Waals surface area contributed by atoms with Gasteiger partial charge in [0.2, 0.25) is 0 Å². The average molecular weight is 154 g/mol. The lowest BCUT2D eigenvalue weighted by Crippen LogP contribution is -2.13. The molecule has 0 radical (unpaired) electrons. The molecule has 0 aromatic rings. The Morgan fingerprint density at radius 2 is 2.00 bits per heavy atom. The van der Waals surface area contributed by atoms with Crippen molar-refractivity contribution in [2.75, 3.05) is 0 Å². The molecule has 0 rings (SSSR count). The zero-order valence-electron chi connectivity index (χ0n) is 7.89. The second-order valence-electron chi connectivity index (χ2n) is 3.40. The van der Waals surface area contributed by atoms with Crippen LogP contribution < -0.4 is 0 Å². The lowest BCUT2D eigenvalue weighted by atomic mass is 10.1. The number of hydrogen-bond acceptors (Lipinski definition) is 1. The molecule has 1 heteroatoms. The number of hydrogen-bond donors (Lipinski definition) is 1. The lowest BCUT2D eigenvalue weighted by molar-refractivity contribution is 0.133. The first-order chi connectivity index (χ1) is 4.95. The first kappa shape index (κ1) is 10.4. The maximum Gasteiger partial charge on any atom is 0.0771 e. The topological polar surface area (TPSA) is 20.2 Å². The van der Waals surface area contributed by atoms with Gasteiger partial charge in [0, 0.05) is 0 Å². The van der Waals surface area contributed by atoms with Gasteiger partial charge in [-0.15, -0.1) is 0 Å². The summed E-state index contributed by atoms with van der Waals surface area (Å²) in [7, 11) is 0. The van der Waals surface area contributed by atoms with Crippen molar-refractivity contribution < 1.29 is 5.11 Å². The number of aliphatic hydroxyl groups is 1. The lowest BCUT2D eigenvalue weighted by Gasteiger charge is -2.09. The molecule has 0 amide bonds. The van der Waals surface area contributed by atoms with Gasteiger partial charge >= 0.3 is 0 Å². The van der Waals surface area contributed by atoms with E-state index in [1.54, 1.807) is 13.8 Å². The zero-order chi connectivity index (χ0) is 8.91. The summed E-state index contributed by atoms with van der Waals surface area (Å²) in [6.07, 6.45) is 6.82. The van der Waals surface area contributed by atoms with Crippen molar-refractivity contribution in [2.45, 2.75) is 39.7 Å². The number of allylic oxidation sites excluding steroid dienone is 3. The molecule has 64 valence electrons. The van der Waals surface area contributed by atoms with Crippen molar-refractivity contribution in [2.24, 2.45) is 0 Å². The Labute approximate surface area is 69.4 Å². The van der Waals surface area contributed by atoms with E-state index < -0.39 is 5.60 Å². The summed E-state index contributed by atoms with van der Waals surface area (Å²) in [4.78, 5) is 0. The predicted molar refractivity (Wildman–Crippen MR) is 49.5 cm³/mol. The van der Waals surface area contributed by atoms with Crippen molar-refractivity contribution in [1.29, 1.82) is 0 Å². The summed E-state index contributed by atoms with van der Waals surface area (Å²) in [6, 6.07) is 0. The molecular weight excluding hydrogens is 136 g/mol. The Balaban J connectivity index is 3.79. The van der Waals surface area contributed by atoms with E-state index in [1.807, 2.05) is 19.1 Å². The molecule has 11 heavy (non-hydrogen) atoms. The normalized spacial score (nSPS) is 14.5. The molecule has 0 atom stereocenters. The summed E-state index contributed by atoms with van der Waals surface area (Å²) in [5.74, 6) is 0. The van der Waals surface area contributed by atoms with Gasteiger partial charge in [-0.2, -0.15) is 0 Å². The van der Waals surface area contributed by atoms with Crippen LogP contribution in [-0.2, 0) is 0 Å². The maximum absolute atomic E-state index is 9.30.